The first kappa shape index (κ1) is 51.2. The normalized spacial score (nSPS) is 16.5. The van der Waals surface area contributed by atoms with Crippen LogP contribution in [-0.2, 0) is 5.41 Å². The summed E-state index contributed by atoms with van der Waals surface area (Å²) < 4.78 is 0. The van der Waals surface area contributed by atoms with Crippen molar-refractivity contribution < 1.29 is 0 Å². The Morgan fingerprint density at radius 1 is 0.571 bits per heavy atom. The van der Waals surface area contributed by atoms with E-state index in [-0.39, 0.29) is 12.8 Å². The van der Waals surface area contributed by atoms with Gasteiger partial charge in [0.05, 0.1) is 0 Å². The lowest BCUT2D eigenvalue weighted by atomic mass is 9.81. The van der Waals surface area contributed by atoms with Gasteiger partial charge in [-0.15, -0.1) is 12.8 Å². The molecule has 0 aromatic heterocycles. The fourth-order valence-electron chi connectivity index (χ4n) is 7.66. The fourth-order valence-corrected chi connectivity index (χ4v) is 7.66. The monoisotopic (exact) mass is 831 g/mol. The first-order valence-corrected chi connectivity index (χ1v) is 22.6. The molecule has 7 aromatic rings. The van der Waals surface area contributed by atoms with Gasteiger partial charge in [0.25, 0.3) is 0 Å². The van der Waals surface area contributed by atoms with Crippen LogP contribution in [0.25, 0.3) is 55.4 Å². The van der Waals surface area contributed by atoms with Gasteiger partial charge < -0.3 is 0 Å². The molecule has 8 rings (SSSR count). The quantitative estimate of drug-likeness (QED) is 0.120. The molecule has 0 saturated heterocycles. The summed E-state index contributed by atoms with van der Waals surface area (Å²) in [6, 6.07) is 55.4. The highest BCUT2D eigenvalue weighted by molar-refractivity contribution is 6.12. The first-order valence-electron chi connectivity index (χ1n) is 22.6. The second-order valence-corrected chi connectivity index (χ2v) is 17.3. The van der Waals surface area contributed by atoms with E-state index in [1.807, 2.05) is 13.8 Å². The number of fused-ring (bicyclic) bond motifs is 3. The Labute approximate surface area is 382 Å². The molecule has 0 heterocycles. The van der Waals surface area contributed by atoms with Crippen LogP contribution in [0.3, 0.4) is 0 Å². The van der Waals surface area contributed by atoms with E-state index in [4.69, 9.17) is 0 Å². The molecule has 63 heavy (non-hydrogen) atoms. The molecule has 0 aliphatic heterocycles. The van der Waals surface area contributed by atoms with Crippen LogP contribution in [0.1, 0.15) is 99.8 Å². The van der Waals surface area contributed by atoms with Gasteiger partial charge in [0, 0.05) is 5.92 Å². The summed E-state index contributed by atoms with van der Waals surface area (Å²) in [7, 11) is 0. The summed E-state index contributed by atoms with van der Waals surface area (Å²) in [4.78, 5) is 0. The predicted molar refractivity (Wildman–Crippen MR) is 285 cm³/mol. The summed E-state index contributed by atoms with van der Waals surface area (Å²) in [6.07, 6.45) is 20.4. The topological polar surface area (TPSA) is 0 Å². The molecule has 2 atom stereocenters. The highest BCUT2D eigenvalue weighted by atomic mass is 14.2. The average molecular weight is 831 g/mol. The second kappa shape index (κ2) is 25.1. The molecule has 7 aromatic carbocycles. The molecule has 0 radical (unpaired) electrons. The average Bonchev–Trinajstić information content (AvgIpc) is 3.29. The van der Waals surface area contributed by atoms with E-state index in [9.17, 15) is 0 Å². The minimum absolute atomic E-state index is 0. The van der Waals surface area contributed by atoms with Gasteiger partial charge >= 0.3 is 0 Å². The summed E-state index contributed by atoms with van der Waals surface area (Å²) >= 11 is 0. The molecule has 0 bridgehead atoms. The summed E-state index contributed by atoms with van der Waals surface area (Å²) in [5.74, 6) is 1.56. The number of benzene rings is 7. The van der Waals surface area contributed by atoms with E-state index in [1.54, 1.807) is 0 Å². The largest absolute Gasteiger partial charge is 0.124 e. The van der Waals surface area contributed by atoms with Crippen molar-refractivity contribution >= 4 is 33.2 Å². The fraction of sp³-hybridized carbons (Fsp3) is 0.270. The zero-order valence-corrected chi connectivity index (χ0v) is 39.4. The number of allylic oxidation sites excluding steroid dienone is 4. The number of hydrogen-bond acceptors (Lipinski definition) is 0. The summed E-state index contributed by atoms with van der Waals surface area (Å²) in [5, 5.41) is 7.88. The number of terminal acetylenes is 1. The first-order chi connectivity index (χ1) is 29.9. The van der Waals surface area contributed by atoms with Crippen molar-refractivity contribution in [3.8, 4) is 35.1 Å². The van der Waals surface area contributed by atoms with Crippen molar-refractivity contribution in [3.05, 3.63) is 203 Å². The summed E-state index contributed by atoms with van der Waals surface area (Å²) in [6.45, 7) is 24.0. The van der Waals surface area contributed by atoms with E-state index in [0.717, 1.165) is 12.3 Å². The van der Waals surface area contributed by atoms with Crippen LogP contribution in [0.2, 0.25) is 0 Å². The van der Waals surface area contributed by atoms with E-state index < -0.39 is 0 Å². The minimum atomic E-state index is 0. The predicted octanol–water partition coefficient (Wildman–Crippen LogP) is 17.0. The third kappa shape index (κ3) is 13.7. The van der Waals surface area contributed by atoms with Crippen molar-refractivity contribution in [1.29, 1.82) is 0 Å². The van der Waals surface area contributed by atoms with Gasteiger partial charge in [0.1, 0.15) is 0 Å². The Kier molecular flexibility index (Phi) is 20.4. The molecule has 0 heteroatoms. The lowest BCUT2D eigenvalue weighted by molar-refractivity contribution is 0.506. The Balaban J connectivity index is 0.000000286. The number of rotatable bonds is 5. The van der Waals surface area contributed by atoms with Crippen LogP contribution in [0, 0.1) is 37.5 Å². The molecule has 1 unspecified atom stereocenters. The van der Waals surface area contributed by atoms with Gasteiger partial charge in [-0.3, -0.25) is 0 Å². The highest BCUT2D eigenvalue weighted by Crippen LogP contribution is 2.37. The molecule has 0 fully saturated rings. The second-order valence-electron chi connectivity index (χ2n) is 17.3. The molecule has 326 valence electrons. The number of aryl methyl sites for hydroxylation is 1. The maximum atomic E-state index is 4.00. The third-order valence-corrected chi connectivity index (χ3v) is 11.3. The van der Waals surface area contributed by atoms with Crippen molar-refractivity contribution in [2.45, 2.75) is 95.4 Å². The zero-order valence-electron chi connectivity index (χ0n) is 39.4. The van der Waals surface area contributed by atoms with Crippen LogP contribution < -0.4 is 10.4 Å². The van der Waals surface area contributed by atoms with Crippen molar-refractivity contribution in [2.24, 2.45) is 17.8 Å². The molecule has 1 aliphatic carbocycles. The van der Waals surface area contributed by atoms with Crippen molar-refractivity contribution in [3.63, 3.8) is 0 Å². The Morgan fingerprint density at radius 3 is 1.56 bits per heavy atom. The maximum Gasteiger partial charge on any atom is 0.000477 e. The lowest BCUT2D eigenvalue weighted by Crippen LogP contribution is -2.29. The summed E-state index contributed by atoms with van der Waals surface area (Å²) in [5.41, 5.74) is 10.7. The van der Waals surface area contributed by atoms with Crippen LogP contribution in [0.15, 0.2) is 176 Å². The molecule has 0 spiro atoms. The Bertz CT molecular complexity index is 2600. The van der Waals surface area contributed by atoms with Gasteiger partial charge in [-0.1, -0.05) is 258 Å². The van der Waals surface area contributed by atoms with Crippen LogP contribution in [0.5, 0.6) is 0 Å². The van der Waals surface area contributed by atoms with E-state index in [0.29, 0.717) is 11.8 Å². The Morgan fingerprint density at radius 2 is 1.02 bits per heavy atom. The standard InChI is InChI=1S/C29H28.C25H24.C4H10.C2H6.C2H2.CH4/c1-21-12-14-24(15-13-21)25-16-18-26(19-17-25)29-23(3)9-5-4-8-22(2)20-27-10-6-7-11-28(27)29;1-4-25(2,3)21-15-13-18(14-16-21)24-22-11-7-5-9-19(22)17-20-10-6-8-12-23(20)24;1-4(2)3;2*1-2;/h4-20,22-23H,1-3H3;5-17H,4H2,1-3H3;4H,1-3H3;1-2H3;1-2H;1H4/b8-4-,9-5-,27-20-,29-28+;;;;;/t22?,23-;;;;;/m1...../s1. The Hall–Kier alpha value is -6.16. The molecule has 0 saturated carbocycles. The molecule has 0 nitrogen and oxygen atoms in total. The lowest BCUT2D eigenvalue weighted by Gasteiger charge is -2.23. The number of hydrogen-bond donors (Lipinski definition) is 0. The van der Waals surface area contributed by atoms with Gasteiger partial charge in [0.15, 0.2) is 0 Å². The molecular formula is C63H74. The van der Waals surface area contributed by atoms with Crippen LogP contribution in [0.4, 0.5) is 0 Å². The van der Waals surface area contributed by atoms with Gasteiger partial charge in [-0.25, -0.2) is 0 Å². The maximum absolute atomic E-state index is 4.00. The van der Waals surface area contributed by atoms with Crippen molar-refractivity contribution in [1.82, 2.24) is 0 Å². The molecule has 1 aliphatic rings. The highest BCUT2D eigenvalue weighted by Gasteiger charge is 2.18. The SMILES string of the molecule is C.C#C.CC.CC(C)C.CCC(C)(C)c1ccc(-c2c3ccccc3cc3ccccc23)cc1.Cc1ccc(-c2ccc(/C3=c4\cccc\c4=C\C(C)/C=C\C=C/[C@H]3C)cc2)cc1. The van der Waals surface area contributed by atoms with Crippen molar-refractivity contribution in [2.75, 3.05) is 0 Å². The minimum Gasteiger partial charge on any atom is -0.124 e. The van der Waals surface area contributed by atoms with Crippen LogP contribution in [-0.4, -0.2) is 0 Å². The molecular weight excluding hydrogens is 757 g/mol. The van der Waals surface area contributed by atoms with Gasteiger partial charge in [-0.05, 0) is 108 Å². The zero-order chi connectivity index (χ0) is 45.2. The van der Waals surface area contributed by atoms with Crippen LogP contribution >= 0.6 is 0 Å². The smallest absolute Gasteiger partial charge is 0.000477 e. The van der Waals surface area contributed by atoms with Gasteiger partial charge in [0.2, 0.25) is 0 Å². The molecule has 0 N–H and O–H groups in total. The van der Waals surface area contributed by atoms with Gasteiger partial charge in [-0.2, -0.15) is 0 Å². The van der Waals surface area contributed by atoms with E-state index in [1.165, 1.54) is 76.5 Å². The van der Waals surface area contributed by atoms with E-state index >= 15 is 0 Å². The van der Waals surface area contributed by atoms with E-state index in [2.05, 4.69) is 257 Å². The third-order valence-electron chi connectivity index (χ3n) is 11.3. The molecule has 0 amide bonds.